The van der Waals surface area contributed by atoms with Crippen LogP contribution in [0.5, 0.6) is 0 Å². The Morgan fingerprint density at radius 1 is 1.38 bits per heavy atom. The summed E-state index contributed by atoms with van der Waals surface area (Å²) in [6, 6.07) is 2.86. The van der Waals surface area contributed by atoms with Gasteiger partial charge in [-0.2, -0.15) is 0 Å². The number of ether oxygens (including phenoxy) is 1. The Morgan fingerprint density at radius 2 is 2.05 bits per heavy atom. The zero-order valence-electron chi connectivity index (χ0n) is 12.5. The zero-order chi connectivity index (χ0) is 16.0. The normalized spacial score (nSPS) is 13.6. The van der Waals surface area contributed by atoms with Crippen LogP contribution in [-0.2, 0) is 21.4 Å². The minimum Gasteiger partial charge on any atom is -0.392 e. The summed E-state index contributed by atoms with van der Waals surface area (Å²) in [5.41, 5.74) is 0.155. The number of aliphatic hydroxyl groups excluding tert-OH is 1. The van der Waals surface area contributed by atoms with Gasteiger partial charge in [0, 0.05) is 12.6 Å². The second-order valence-electron chi connectivity index (χ2n) is 5.04. The van der Waals surface area contributed by atoms with Gasteiger partial charge in [-0.3, -0.25) is 0 Å². The molecule has 0 aliphatic carbocycles. The van der Waals surface area contributed by atoms with Crippen molar-refractivity contribution in [2.45, 2.75) is 38.3 Å². The molecule has 21 heavy (non-hydrogen) atoms. The maximum absolute atomic E-state index is 13.3. The lowest BCUT2D eigenvalue weighted by Crippen LogP contribution is -2.42. The molecule has 1 atom stereocenters. The van der Waals surface area contributed by atoms with Crippen LogP contribution in [0.15, 0.2) is 23.1 Å². The van der Waals surface area contributed by atoms with Crippen LogP contribution in [0.1, 0.15) is 26.3 Å². The Bertz CT molecular complexity index is 560. The molecule has 0 heterocycles. The summed E-state index contributed by atoms with van der Waals surface area (Å²) in [6.45, 7) is 5.79. The Balaban J connectivity index is 3.07. The maximum atomic E-state index is 13.3. The highest BCUT2D eigenvalue weighted by Gasteiger charge is 2.25. The predicted octanol–water partition coefficient (Wildman–Crippen LogP) is 1.66. The number of halogens is 1. The van der Waals surface area contributed by atoms with E-state index in [9.17, 15) is 17.9 Å². The van der Waals surface area contributed by atoms with Gasteiger partial charge >= 0.3 is 0 Å². The van der Waals surface area contributed by atoms with Gasteiger partial charge in [0.1, 0.15) is 5.82 Å². The van der Waals surface area contributed by atoms with Crippen molar-refractivity contribution in [3.05, 3.63) is 29.6 Å². The summed E-state index contributed by atoms with van der Waals surface area (Å²) in [4.78, 5) is -0.243. The third-order valence-corrected chi connectivity index (χ3v) is 4.67. The first-order chi connectivity index (χ1) is 9.81. The quantitative estimate of drug-likeness (QED) is 0.764. The molecule has 1 aromatic carbocycles. The van der Waals surface area contributed by atoms with E-state index in [2.05, 4.69) is 4.72 Å². The first kappa shape index (κ1) is 18.0. The molecule has 0 aromatic heterocycles. The molecule has 1 unspecified atom stereocenters. The molecule has 5 nitrogen and oxygen atoms in total. The van der Waals surface area contributed by atoms with Crippen molar-refractivity contribution >= 4 is 10.0 Å². The summed E-state index contributed by atoms with van der Waals surface area (Å²) < 4.78 is 45.9. The van der Waals surface area contributed by atoms with Crippen molar-refractivity contribution in [1.29, 1.82) is 0 Å². The van der Waals surface area contributed by atoms with Gasteiger partial charge in [-0.05, 0) is 30.5 Å². The van der Waals surface area contributed by atoms with Gasteiger partial charge in [0.2, 0.25) is 10.0 Å². The minimum atomic E-state index is -3.93. The fraction of sp³-hybridized carbons (Fsp3) is 0.571. The van der Waals surface area contributed by atoms with E-state index in [0.717, 1.165) is 12.1 Å². The van der Waals surface area contributed by atoms with Gasteiger partial charge in [-0.25, -0.2) is 17.5 Å². The van der Waals surface area contributed by atoms with Crippen LogP contribution >= 0.6 is 0 Å². The van der Waals surface area contributed by atoms with E-state index in [1.807, 2.05) is 20.8 Å². The first-order valence-corrected chi connectivity index (χ1v) is 8.29. The van der Waals surface area contributed by atoms with E-state index in [4.69, 9.17) is 4.74 Å². The summed E-state index contributed by atoms with van der Waals surface area (Å²) in [5, 5.41) is 9.22. The van der Waals surface area contributed by atoms with Crippen LogP contribution in [0.4, 0.5) is 4.39 Å². The number of hydrogen-bond acceptors (Lipinski definition) is 4. The number of sulfonamides is 1. The SMILES string of the molecule is CCOCC(NS(=O)(=O)c1cc(F)ccc1CO)C(C)C. The lowest BCUT2D eigenvalue weighted by molar-refractivity contribution is 0.116. The van der Waals surface area contributed by atoms with Crippen LogP contribution < -0.4 is 4.72 Å². The number of benzene rings is 1. The van der Waals surface area contributed by atoms with Crippen LogP contribution in [-0.4, -0.2) is 32.8 Å². The molecule has 1 rings (SSSR count). The van der Waals surface area contributed by atoms with Gasteiger partial charge in [-0.15, -0.1) is 0 Å². The van der Waals surface area contributed by atoms with Crippen LogP contribution in [0, 0.1) is 11.7 Å². The highest BCUT2D eigenvalue weighted by Crippen LogP contribution is 2.19. The van der Waals surface area contributed by atoms with E-state index in [1.165, 1.54) is 6.07 Å². The summed E-state index contributed by atoms with van der Waals surface area (Å²) in [6.07, 6.45) is 0. The van der Waals surface area contributed by atoms with E-state index in [0.29, 0.717) is 6.61 Å². The molecule has 0 fully saturated rings. The van der Waals surface area contributed by atoms with E-state index in [1.54, 1.807) is 0 Å². The molecule has 0 bridgehead atoms. The fourth-order valence-corrected chi connectivity index (χ4v) is 3.39. The van der Waals surface area contributed by atoms with Crippen molar-refractivity contribution in [3.63, 3.8) is 0 Å². The van der Waals surface area contributed by atoms with E-state index < -0.39 is 28.5 Å². The lowest BCUT2D eigenvalue weighted by atomic mass is 10.1. The number of hydrogen-bond donors (Lipinski definition) is 2. The van der Waals surface area contributed by atoms with E-state index in [-0.39, 0.29) is 23.0 Å². The molecule has 120 valence electrons. The lowest BCUT2D eigenvalue weighted by Gasteiger charge is -2.22. The molecule has 0 spiro atoms. The zero-order valence-corrected chi connectivity index (χ0v) is 13.3. The predicted molar refractivity (Wildman–Crippen MR) is 77.8 cm³/mol. The van der Waals surface area contributed by atoms with Gasteiger partial charge < -0.3 is 9.84 Å². The smallest absolute Gasteiger partial charge is 0.241 e. The monoisotopic (exact) mass is 319 g/mol. The fourth-order valence-electron chi connectivity index (χ4n) is 1.78. The standard InChI is InChI=1S/C14H22FNO4S/c1-4-20-9-13(10(2)3)16-21(18,19)14-7-12(15)6-5-11(14)8-17/h5-7,10,13,16-17H,4,8-9H2,1-3H3. The molecular weight excluding hydrogens is 297 g/mol. The molecule has 0 saturated heterocycles. The second kappa shape index (κ2) is 7.84. The Labute approximate surface area is 125 Å². The van der Waals surface area contributed by atoms with Crippen molar-refractivity contribution in [3.8, 4) is 0 Å². The van der Waals surface area contributed by atoms with Crippen molar-refractivity contribution in [2.24, 2.45) is 5.92 Å². The number of rotatable bonds is 8. The first-order valence-electron chi connectivity index (χ1n) is 6.81. The molecule has 0 aliphatic heterocycles. The average molecular weight is 319 g/mol. The van der Waals surface area contributed by atoms with Crippen molar-refractivity contribution in [2.75, 3.05) is 13.2 Å². The molecule has 1 aromatic rings. The van der Waals surface area contributed by atoms with E-state index >= 15 is 0 Å². The molecule has 0 radical (unpaired) electrons. The minimum absolute atomic E-state index is 0.0115. The highest BCUT2D eigenvalue weighted by molar-refractivity contribution is 7.89. The number of nitrogens with one attached hydrogen (secondary N) is 1. The highest BCUT2D eigenvalue weighted by atomic mass is 32.2. The Morgan fingerprint density at radius 3 is 2.57 bits per heavy atom. The summed E-state index contributed by atoms with van der Waals surface area (Å²) in [5.74, 6) is -0.657. The number of aliphatic hydroxyl groups is 1. The van der Waals surface area contributed by atoms with Gasteiger partial charge in [0.25, 0.3) is 0 Å². The van der Waals surface area contributed by atoms with Crippen molar-refractivity contribution < 1.29 is 22.7 Å². The molecule has 0 saturated carbocycles. The molecule has 0 amide bonds. The molecule has 2 N–H and O–H groups in total. The van der Waals surface area contributed by atoms with Gasteiger partial charge in [0.15, 0.2) is 0 Å². The topological polar surface area (TPSA) is 75.6 Å². The Hall–Kier alpha value is -1.02. The van der Waals surface area contributed by atoms with Crippen LogP contribution in [0.25, 0.3) is 0 Å². The second-order valence-corrected chi connectivity index (χ2v) is 6.72. The summed E-state index contributed by atoms with van der Waals surface area (Å²) in [7, 11) is -3.93. The van der Waals surface area contributed by atoms with Crippen LogP contribution in [0.2, 0.25) is 0 Å². The van der Waals surface area contributed by atoms with Gasteiger partial charge in [0.05, 0.1) is 18.1 Å². The van der Waals surface area contributed by atoms with Gasteiger partial charge in [-0.1, -0.05) is 19.9 Å². The van der Waals surface area contributed by atoms with Crippen LogP contribution in [0.3, 0.4) is 0 Å². The third kappa shape index (κ3) is 5.03. The maximum Gasteiger partial charge on any atom is 0.241 e. The molecule has 0 aliphatic rings. The Kier molecular flexibility index (Phi) is 6.73. The molecule has 7 heteroatoms. The molecular formula is C14H22FNO4S. The largest absolute Gasteiger partial charge is 0.392 e. The third-order valence-electron chi connectivity index (χ3n) is 3.10. The average Bonchev–Trinajstić information content (AvgIpc) is 2.43. The summed E-state index contributed by atoms with van der Waals surface area (Å²) >= 11 is 0. The van der Waals surface area contributed by atoms with Crippen molar-refractivity contribution in [1.82, 2.24) is 4.72 Å².